The molecule has 0 spiro atoms. The van der Waals surface area contributed by atoms with Crippen molar-refractivity contribution in [3.63, 3.8) is 0 Å². The lowest BCUT2D eigenvalue weighted by molar-refractivity contribution is 0.0581. The van der Waals surface area contributed by atoms with Crippen molar-refractivity contribution in [1.29, 1.82) is 0 Å². The molecule has 0 radical (unpaired) electrons. The quantitative estimate of drug-likeness (QED) is 0.591. The van der Waals surface area contributed by atoms with Gasteiger partial charge in [0.2, 0.25) is 0 Å². The van der Waals surface area contributed by atoms with E-state index in [1.54, 1.807) is 13.0 Å². The van der Waals surface area contributed by atoms with Gasteiger partial charge in [-0.3, -0.25) is 4.79 Å². The van der Waals surface area contributed by atoms with Crippen LogP contribution in [0, 0.1) is 25.2 Å². The van der Waals surface area contributed by atoms with Crippen molar-refractivity contribution in [2.45, 2.75) is 19.8 Å². The molecule has 1 aromatic carbocycles. The summed E-state index contributed by atoms with van der Waals surface area (Å²) in [6.45, 7) is 4.08. The molecule has 3 rings (SSSR count). The zero-order chi connectivity index (χ0) is 18.5. The van der Waals surface area contributed by atoms with Crippen molar-refractivity contribution >= 4 is 17.5 Å². The molecule has 6 heteroatoms. The predicted molar refractivity (Wildman–Crippen MR) is 100.0 cm³/mol. The van der Waals surface area contributed by atoms with Gasteiger partial charge in [0.05, 0.1) is 11.6 Å². The first kappa shape index (κ1) is 18.5. The molecule has 0 N–H and O–H groups in total. The molecule has 0 unspecified atom stereocenters. The van der Waals surface area contributed by atoms with E-state index in [2.05, 4.69) is 11.1 Å². The highest BCUT2D eigenvalue weighted by molar-refractivity contribution is 6.33. The van der Waals surface area contributed by atoms with Gasteiger partial charge < -0.3 is 14.2 Å². The van der Waals surface area contributed by atoms with Crippen LogP contribution in [0.15, 0.2) is 28.8 Å². The molecule has 1 amide bonds. The SMILES string of the molecule is C#CCOCC1CCN(C(=O)c2c(-c3ccccc3Cl)noc2C)CC1. The van der Waals surface area contributed by atoms with Gasteiger partial charge in [0.25, 0.3) is 5.91 Å². The Hall–Kier alpha value is -2.29. The number of terminal acetylenes is 1. The molecule has 5 nitrogen and oxygen atoms in total. The van der Waals surface area contributed by atoms with E-state index in [9.17, 15) is 4.79 Å². The monoisotopic (exact) mass is 372 g/mol. The van der Waals surface area contributed by atoms with Gasteiger partial charge in [0, 0.05) is 18.7 Å². The third-order valence-corrected chi connectivity index (χ3v) is 4.98. The summed E-state index contributed by atoms with van der Waals surface area (Å²) >= 11 is 6.28. The van der Waals surface area contributed by atoms with E-state index in [1.807, 2.05) is 23.1 Å². The van der Waals surface area contributed by atoms with E-state index in [-0.39, 0.29) is 5.91 Å². The molecule has 1 fully saturated rings. The maximum Gasteiger partial charge on any atom is 0.259 e. The number of hydrogen-bond donors (Lipinski definition) is 0. The summed E-state index contributed by atoms with van der Waals surface area (Å²) in [7, 11) is 0. The minimum Gasteiger partial charge on any atom is -0.369 e. The Balaban J connectivity index is 1.73. The van der Waals surface area contributed by atoms with Gasteiger partial charge in [-0.1, -0.05) is 40.9 Å². The summed E-state index contributed by atoms with van der Waals surface area (Å²) in [5, 5.41) is 4.62. The number of benzene rings is 1. The summed E-state index contributed by atoms with van der Waals surface area (Å²) in [6.07, 6.45) is 6.98. The van der Waals surface area contributed by atoms with Crippen LogP contribution in [0.2, 0.25) is 5.02 Å². The van der Waals surface area contributed by atoms with Gasteiger partial charge in [-0.15, -0.1) is 6.42 Å². The number of nitrogens with zero attached hydrogens (tertiary/aromatic N) is 2. The minimum atomic E-state index is -0.0679. The van der Waals surface area contributed by atoms with Crippen LogP contribution in [0.5, 0.6) is 0 Å². The molecular formula is C20H21ClN2O3. The molecule has 1 saturated heterocycles. The Labute approximate surface area is 158 Å². The third-order valence-electron chi connectivity index (χ3n) is 4.65. The Morgan fingerprint density at radius 1 is 1.42 bits per heavy atom. The molecule has 136 valence electrons. The summed E-state index contributed by atoms with van der Waals surface area (Å²) in [4.78, 5) is 14.9. The van der Waals surface area contributed by atoms with Crippen LogP contribution in [0.25, 0.3) is 11.3 Å². The lowest BCUT2D eigenvalue weighted by Gasteiger charge is -2.31. The smallest absolute Gasteiger partial charge is 0.259 e. The summed E-state index contributed by atoms with van der Waals surface area (Å²) in [5.41, 5.74) is 1.68. The van der Waals surface area contributed by atoms with Crippen molar-refractivity contribution in [3.8, 4) is 23.6 Å². The molecule has 2 aromatic rings. The van der Waals surface area contributed by atoms with E-state index in [0.717, 1.165) is 12.8 Å². The van der Waals surface area contributed by atoms with Crippen molar-refractivity contribution in [2.75, 3.05) is 26.3 Å². The lowest BCUT2D eigenvalue weighted by Crippen LogP contribution is -2.39. The Bertz CT molecular complexity index is 817. The Morgan fingerprint density at radius 2 is 2.15 bits per heavy atom. The van der Waals surface area contributed by atoms with E-state index in [1.165, 1.54) is 0 Å². The van der Waals surface area contributed by atoms with Crippen LogP contribution < -0.4 is 0 Å². The minimum absolute atomic E-state index is 0.0679. The molecule has 2 heterocycles. The van der Waals surface area contributed by atoms with Gasteiger partial charge in [-0.25, -0.2) is 0 Å². The van der Waals surface area contributed by atoms with Crippen LogP contribution in [0.4, 0.5) is 0 Å². The number of carbonyl (C=O) groups is 1. The molecular weight excluding hydrogens is 352 g/mol. The highest BCUT2D eigenvalue weighted by Crippen LogP contribution is 2.32. The number of carbonyl (C=O) groups excluding carboxylic acids is 1. The standard InChI is InChI=1S/C20H21ClN2O3/c1-3-12-25-13-15-8-10-23(11-9-15)20(24)18-14(2)26-22-19(18)16-6-4-5-7-17(16)21/h1,4-7,15H,8-13H2,2H3. The number of piperidine rings is 1. The first-order chi connectivity index (χ1) is 12.6. The van der Waals surface area contributed by atoms with Crippen molar-refractivity contribution in [2.24, 2.45) is 5.92 Å². The zero-order valence-corrected chi connectivity index (χ0v) is 15.5. The maximum atomic E-state index is 13.1. The molecule has 1 aliphatic rings. The van der Waals surface area contributed by atoms with Gasteiger partial charge >= 0.3 is 0 Å². The maximum absolute atomic E-state index is 13.1. The highest BCUT2D eigenvalue weighted by Gasteiger charge is 2.29. The molecule has 0 aliphatic carbocycles. The third kappa shape index (κ3) is 3.92. The second-order valence-electron chi connectivity index (χ2n) is 6.40. The zero-order valence-electron chi connectivity index (χ0n) is 14.7. The average Bonchev–Trinajstić information content (AvgIpc) is 3.03. The Morgan fingerprint density at radius 3 is 2.85 bits per heavy atom. The molecule has 1 aromatic heterocycles. The van der Waals surface area contributed by atoms with Crippen molar-refractivity contribution in [1.82, 2.24) is 10.1 Å². The second-order valence-corrected chi connectivity index (χ2v) is 6.80. The van der Waals surface area contributed by atoms with Crippen LogP contribution in [-0.4, -0.2) is 42.3 Å². The second kappa shape index (κ2) is 8.39. The number of aromatic nitrogens is 1. The van der Waals surface area contributed by atoms with Gasteiger partial charge in [0.1, 0.15) is 23.6 Å². The van der Waals surface area contributed by atoms with Crippen molar-refractivity contribution in [3.05, 3.63) is 40.6 Å². The first-order valence-electron chi connectivity index (χ1n) is 8.63. The summed E-state index contributed by atoms with van der Waals surface area (Å²) in [5.74, 6) is 3.34. The molecule has 0 atom stereocenters. The normalized spacial score (nSPS) is 15.0. The van der Waals surface area contributed by atoms with Crippen LogP contribution in [-0.2, 0) is 4.74 Å². The molecule has 0 bridgehead atoms. The largest absolute Gasteiger partial charge is 0.369 e. The molecule has 1 aliphatic heterocycles. The number of hydrogen-bond acceptors (Lipinski definition) is 4. The van der Waals surface area contributed by atoms with Crippen LogP contribution >= 0.6 is 11.6 Å². The fourth-order valence-electron chi connectivity index (χ4n) is 3.21. The van der Waals surface area contributed by atoms with Crippen LogP contribution in [0.3, 0.4) is 0 Å². The predicted octanol–water partition coefficient (Wildman–Crippen LogP) is 3.81. The highest BCUT2D eigenvalue weighted by atomic mass is 35.5. The van der Waals surface area contributed by atoms with E-state index in [4.69, 9.17) is 27.3 Å². The number of aryl methyl sites for hydroxylation is 1. The van der Waals surface area contributed by atoms with Gasteiger partial charge in [-0.2, -0.15) is 0 Å². The number of ether oxygens (including phenoxy) is 1. The Kier molecular flexibility index (Phi) is 5.97. The topological polar surface area (TPSA) is 55.6 Å². The van der Waals surface area contributed by atoms with E-state index in [0.29, 0.717) is 59.8 Å². The number of amides is 1. The number of halogens is 1. The molecule has 26 heavy (non-hydrogen) atoms. The van der Waals surface area contributed by atoms with Gasteiger partial charge in [-0.05, 0) is 31.7 Å². The average molecular weight is 373 g/mol. The fourth-order valence-corrected chi connectivity index (χ4v) is 3.43. The number of rotatable bonds is 5. The summed E-state index contributed by atoms with van der Waals surface area (Å²) in [6, 6.07) is 7.32. The first-order valence-corrected chi connectivity index (χ1v) is 9.01. The molecule has 0 saturated carbocycles. The van der Waals surface area contributed by atoms with Gasteiger partial charge in [0.15, 0.2) is 0 Å². The van der Waals surface area contributed by atoms with Crippen LogP contribution in [0.1, 0.15) is 29.0 Å². The fraction of sp³-hybridized carbons (Fsp3) is 0.400. The van der Waals surface area contributed by atoms with E-state index < -0.39 is 0 Å². The summed E-state index contributed by atoms with van der Waals surface area (Å²) < 4.78 is 10.7. The van der Waals surface area contributed by atoms with E-state index >= 15 is 0 Å². The van der Waals surface area contributed by atoms with Crippen molar-refractivity contribution < 1.29 is 14.1 Å². The number of likely N-dealkylation sites (tertiary alicyclic amines) is 1. The lowest BCUT2D eigenvalue weighted by atomic mass is 9.96.